The average Bonchev–Trinajstić information content (AvgIpc) is 2.82. The maximum Gasteiger partial charge on any atom is 0.269 e. The molecule has 166 valence electrons. The summed E-state index contributed by atoms with van der Waals surface area (Å²) in [6, 6.07) is 19.3. The van der Waals surface area contributed by atoms with Crippen molar-refractivity contribution in [3.8, 4) is 17.6 Å². The van der Waals surface area contributed by atoms with Gasteiger partial charge in [-0.05, 0) is 66.2 Å². The van der Waals surface area contributed by atoms with E-state index < -0.39 is 10.8 Å². The lowest BCUT2D eigenvalue weighted by Gasteiger charge is -2.11. The molecule has 8 nitrogen and oxygen atoms in total. The van der Waals surface area contributed by atoms with Gasteiger partial charge < -0.3 is 14.8 Å². The van der Waals surface area contributed by atoms with Gasteiger partial charge in [0.2, 0.25) is 0 Å². The molecule has 0 atom stereocenters. The van der Waals surface area contributed by atoms with Crippen molar-refractivity contribution in [2.24, 2.45) is 0 Å². The number of nitrogens with one attached hydrogen (secondary N) is 1. The van der Waals surface area contributed by atoms with Crippen molar-refractivity contribution in [3.05, 3.63) is 98.6 Å². The van der Waals surface area contributed by atoms with Crippen LogP contribution >= 0.6 is 11.6 Å². The molecule has 3 aromatic rings. The Morgan fingerprint density at radius 3 is 2.45 bits per heavy atom. The number of halogens is 1. The van der Waals surface area contributed by atoms with Crippen LogP contribution < -0.4 is 14.8 Å². The zero-order valence-electron chi connectivity index (χ0n) is 17.4. The first-order valence-corrected chi connectivity index (χ1v) is 10.0. The molecule has 1 amide bonds. The number of amides is 1. The van der Waals surface area contributed by atoms with Crippen LogP contribution in [0.15, 0.2) is 72.3 Å². The number of nitro groups is 1. The smallest absolute Gasteiger partial charge is 0.269 e. The fourth-order valence-electron chi connectivity index (χ4n) is 2.82. The van der Waals surface area contributed by atoms with Crippen LogP contribution in [0, 0.1) is 21.4 Å². The average molecular weight is 464 g/mol. The van der Waals surface area contributed by atoms with Gasteiger partial charge in [-0.2, -0.15) is 5.26 Å². The van der Waals surface area contributed by atoms with Gasteiger partial charge in [-0.1, -0.05) is 11.6 Å². The lowest BCUT2D eigenvalue weighted by molar-refractivity contribution is -0.384. The van der Waals surface area contributed by atoms with Gasteiger partial charge in [0.05, 0.1) is 12.0 Å². The molecule has 0 aromatic heterocycles. The molecule has 0 fully saturated rings. The van der Waals surface area contributed by atoms with Gasteiger partial charge in [0.15, 0.2) is 0 Å². The van der Waals surface area contributed by atoms with Crippen LogP contribution in [0.2, 0.25) is 5.02 Å². The number of nitriles is 1. The molecule has 0 aliphatic carbocycles. The Kier molecular flexibility index (Phi) is 7.63. The fourth-order valence-corrected chi connectivity index (χ4v) is 3.00. The van der Waals surface area contributed by atoms with Crippen molar-refractivity contribution in [1.29, 1.82) is 5.26 Å². The van der Waals surface area contributed by atoms with E-state index in [2.05, 4.69) is 5.32 Å². The zero-order valence-corrected chi connectivity index (χ0v) is 18.2. The van der Waals surface area contributed by atoms with Crippen LogP contribution in [0.1, 0.15) is 11.1 Å². The lowest BCUT2D eigenvalue weighted by Crippen LogP contribution is -2.13. The van der Waals surface area contributed by atoms with Crippen molar-refractivity contribution in [1.82, 2.24) is 0 Å². The van der Waals surface area contributed by atoms with E-state index in [4.69, 9.17) is 21.1 Å². The molecule has 0 radical (unpaired) electrons. The Morgan fingerprint density at radius 1 is 1.15 bits per heavy atom. The SMILES string of the molecule is COc1ccc(NC(=O)/C(C#N)=C/c2cc(Cl)ccc2OCc2ccc([N+](=O)[O-])cc2)cc1. The molecule has 0 aliphatic heterocycles. The highest BCUT2D eigenvalue weighted by atomic mass is 35.5. The van der Waals surface area contributed by atoms with Crippen molar-refractivity contribution in [2.45, 2.75) is 6.61 Å². The van der Waals surface area contributed by atoms with Crippen LogP contribution in [0.3, 0.4) is 0 Å². The quantitative estimate of drug-likeness (QED) is 0.207. The zero-order chi connectivity index (χ0) is 23.8. The van der Waals surface area contributed by atoms with Gasteiger partial charge in [-0.25, -0.2) is 0 Å². The van der Waals surface area contributed by atoms with E-state index in [1.165, 1.54) is 25.3 Å². The maximum absolute atomic E-state index is 12.6. The summed E-state index contributed by atoms with van der Waals surface area (Å²) in [6.45, 7) is 0.125. The minimum absolute atomic E-state index is 0.0181. The van der Waals surface area contributed by atoms with Gasteiger partial charge in [0.25, 0.3) is 11.6 Å². The predicted octanol–water partition coefficient (Wildman–Crippen LogP) is 5.38. The minimum Gasteiger partial charge on any atom is -0.497 e. The summed E-state index contributed by atoms with van der Waals surface area (Å²) in [5.74, 6) is 0.435. The number of benzene rings is 3. The van der Waals surface area contributed by atoms with E-state index >= 15 is 0 Å². The first-order valence-electron chi connectivity index (χ1n) is 9.62. The second kappa shape index (κ2) is 10.8. The van der Waals surface area contributed by atoms with E-state index in [1.807, 2.05) is 6.07 Å². The highest BCUT2D eigenvalue weighted by Crippen LogP contribution is 2.27. The monoisotopic (exact) mass is 463 g/mol. The molecule has 0 unspecified atom stereocenters. The van der Waals surface area contributed by atoms with Gasteiger partial charge in [-0.3, -0.25) is 14.9 Å². The Morgan fingerprint density at radius 2 is 1.85 bits per heavy atom. The minimum atomic E-state index is -0.594. The normalized spacial score (nSPS) is 10.8. The van der Waals surface area contributed by atoms with Crippen molar-refractivity contribution < 1.29 is 19.2 Å². The third-order valence-corrected chi connectivity index (χ3v) is 4.76. The van der Waals surface area contributed by atoms with Crippen molar-refractivity contribution in [2.75, 3.05) is 12.4 Å². The van der Waals surface area contributed by atoms with E-state index in [0.29, 0.717) is 33.3 Å². The summed E-state index contributed by atoms with van der Waals surface area (Å²) < 4.78 is 10.9. The van der Waals surface area contributed by atoms with Crippen LogP contribution in [0.25, 0.3) is 6.08 Å². The number of carbonyl (C=O) groups is 1. The second-order valence-corrected chi connectivity index (χ2v) is 7.18. The molecule has 3 aromatic carbocycles. The van der Waals surface area contributed by atoms with Crippen molar-refractivity contribution in [3.63, 3.8) is 0 Å². The largest absolute Gasteiger partial charge is 0.497 e. The summed E-state index contributed by atoms with van der Waals surface area (Å²) in [6.07, 6.45) is 1.38. The second-order valence-electron chi connectivity index (χ2n) is 6.75. The lowest BCUT2D eigenvalue weighted by atomic mass is 10.1. The van der Waals surface area contributed by atoms with E-state index in [-0.39, 0.29) is 17.9 Å². The Balaban J connectivity index is 1.78. The number of hydrogen-bond donors (Lipinski definition) is 1. The highest BCUT2D eigenvalue weighted by Gasteiger charge is 2.13. The molecule has 0 saturated heterocycles. The summed E-state index contributed by atoms with van der Waals surface area (Å²) >= 11 is 6.10. The molecule has 0 bridgehead atoms. The number of hydrogen-bond acceptors (Lipinski definition) is 6. The first kappa shape index (κ1) is 23.3. The van der Waals surface area contributed by atoms with Crippen LogP contribution in [-0.4, -0.2) is 17.9 Å². The molecule has 33 heavy (non-hydrogen) atoms. The third-order valence-electron chi connectivity index (χ3n) is 4.53. The summed E-state index contributed by atoms with van der Waals surface area (Å²) in [7, 11) is 1.54. The fraction of sp³-hybridized carbons (Fsp3) is 0.0833. The van der Waals surface area contributed by atoms with Gasteiger partial charge in [-0.15, -0.1) is 0 Å². The van der Waals surface area contributed by atoms with Gasteiger partial charge >= 0.3 is 0 Å². The summed E-state index contributed by atoms with van der Waals surface area (Å²) in [4.78, 5) is 22.9. The number of rotatable bonds is 8. The van der Waals surface area contributed by atoms with Gasteiger partial charge in [0, 0.05) is 28.4 Å². The number of anilines is 1. The highest BCUT2D eigenvalue weighted by molar-refractivity contribution is 6.30. The molecule has 0 spiro atoms. The van der Waals surface area contributed by atoms with Crippen molar-refractivity contribution >= 4 is 35.0 Å². The van der Waals surface area contributed by atoms with Crippen LogP contribution in [0.5, 0.6) is 11.5 Å². The summed E-state index contributed by atoms with van der Waals surface area (Å²) in [5, 5.41) is 23.4. The molecule has 0 aliphatic rings. The summed E-state index contributed by atoms with van der Waals surface area (Å²) in [5.41, 5.74) is 1.49. The third kappa shape index (κ3) is 6.32. The Hall–Kier alpha value is -4.35. The number of ether oxygens (including phenoxy) is 2. The number of methoxy groups -OCH3 is 1. The van der Waals surface area contributed by atoms with Crippen LogP contribution in [0.4, 0.5) is 11.4 Å². The predicted molar refractivity (Wildman–Crippen MR) is 124 cm³/mol. The van der Waals surface area contributed by atoms with E-state index in [1.54, 1.807) is 54.6 Å². The number of nitro benzene ring substituents is 1. The molecule has 0 saturated carbocycles. The Bertz CT molecular complexity index is 1230. The molecule has 1 N–H and O–H groups in total. The molecular weight excluding hydrogens is 446 g/mol. The number of non-ortho nitro benzene ring substituents is 1. The molecule has 3 rings (SSSR count). The molecular formula is C24H18ClN3O5. The topological polar surface area (TPSA) is 114 Å². The Labute approximate surface area is 194 Å². The first-order chi connectivity index (χ1) is 15.9. The van der Waals surface area contributed by atoms with E-state index in [9.17, 15) is 20.2 Å². The van der Waals surface area contributed by atoms with Crippen LogP contribution in [-0.2, 0) is 11.4 Å². The standard InChI is InChI=1S/C24H18ClN3O5/c1-32-22-9-5-20(6-10-22)27-24(29)18(14-26)12-17-13-19(25)4-11-23(17)33-15-16-2-7-21(8-3-16)28(30)31/h2-13H,15H2,1H3,(H,27,29)/b18-12+. The maximum atomic E-state index is 12.6. The molecule has 9 heteroatoms. The molecule has 0 heterocycles. The van der Waals surface area contributed by atoms with E-state index in [0.717, 1.165) is 0 Å². The van der Waals surface area contributed by atoms with Gasteiger partial charge in [0.1, 0.15) is 29.7 Å². The number of nitrogens with zero attached hydrogens (tertiary/aromatic N) is 2. The number of carbonyl (C=O) groups excluding carboxylic acids is 1.